The normalized spacial score (nSPS) is 43.8. The summed E-state index contributed by atoms with van der Waals surface area (Å²) in [5.41, 5.74) is 0.999. The van der Waals surface area contributed by atoms with E-state index in [4.69, 9.17) is 28.4 Å². The van der Waals surface area contributed by atoms with Crippen molar-refractivity contribution in [2.75, 3.05) is 13.4 Å². The lowest BCUT2D eigenvalue weighted by atomic mass is 9.78. The molecule has 3 aliphatic rings. The van der Waals surface area contributed by atoms with Crippen LogP contribution in [0.1, 0.15) is 59.3 Å². The van der Waals surface area contributed by atoms with Crippen molar-refractivity contribution in [1.29, 1.82) is 0 Å². The first kappa shape index (κ1) is 23.1. The van der Waals surface area contributed by atoms with Crippen molar-refractivity contribution >= 4 is 0 Å². The van der Waals surface area contributed by atoms with Crippen molar-refractivity contribution in [1.82, 2.24) is 0 Å². The zero-order chi connectivity index (χ0) is 22.0. The number of ether oxygens (including phenoxy) is 6. The molecule has 3 fully saturated rings. The standard InChI is InChI=1S/C25H38O6/c1-6-19-16(4)15(3)17(5)24(28-19)30-22-20(7-2)29-25(18-11-9-8-10-12-18)31-23(22)21-13-26-14-27-21/h8-12,15-17,19-25H,6-7,13-14H2,1-5H3/t15-,16-,17+,19+,20-,21+,22+,23+,24-,25?/m0/s1. The van der Waals surface area contributed by atoms with E-state index >= 15 is 0 Å². The summed E-state index contributed by atoms with van der Waals surface area (Å²) in [5.74, 6) is 1.30. The van der Waals surface area contributed by atoms with Crippen LogP contribution >= 0.6 is 0 Å². The summed E-state index contributed by atoms with van der Waals surface area (Å²) in [4.78, 5) is 0. The number of rotatable bonds is 6. The average Bonchev–Trinajstić information content (AvgIpc) is 3.34. The highest BCUT2D eigenvalue weighted by molar-refractivity contribution is 5.17. The molecule has 174 valence electrons. The van der Waals surface area contributed by atoms with Gasteiger partial charge in [-0.15, -0.1) is 0 Å². The van der Waals surface area contributed by atoms with Crippen LogP contribution < -0.4 is 0 Å². The van der Waals surface area contributed by atoms with Crippen molar-refractivity contribution in [3.8, 4) is 0 Å². The highest BCUT2D eigenvalue weighted by Gasteiger charge is 2.49. The number of hydrogen-bond donors (Lipinski definition) is 0. The molecule has 0 amide bonds. The predicted molar refractivity (Wildman–Crippen MR) is 116 cm³/mol. The summed E-state index contributed by atoms with van der Waals surface area (Å²) in [5, 5.41) is 0. The fraction of sp³-hybridized carbons (Fsp3) is 0.760. The second-order valence-electron chi connectivity index (χ2n) is 9.25. The van der Waals surface area contributed by atoms with Gasteiger partial charge < -0.3 is 28.4 Å². The van der Waals surface area contributed by atoms with Gasteiger partial charge in [0.1, 0.15) is 25.1 Å². The largest absolute Gasteiger partial charge is 0.353 e. The molecule has 0 radical (unpaired) electrons. The molecular formula is C25H38O6. The Morgan fingerprint density at radius 2 is 1.61 bits per heavy atom. The Labute approximate surface area is 186 Å². The Kier molecular flexibility index (Phi) is 7.68. The smallest absolute Gasteiger partial charge is 0.184 e. The molecule has 0 aliphatic carbocycles. The van der Waals surface area contributed by atoms with Crippen molar-refractivity contribution < 1.29 is 28.4 Å². The zero-order valence-corrected chi connectivity index (χ0v) is 19.4. The van der Waals surface area contributed by atoms with Crippen molar-refractivity contribution in [2.24, 2.45) is 17.8 Å². The summed E-state index contributed by atoms with van der Waals surface area (Å²) in [6.07, 6.45) is 0.345. The minimum atomic E-state index is -0.452. The summed E-state index contributed by atoms with van der Waals surface area (Å²) in [6, 6.07) is 10.1. The quantitative estimate of drug-likeness (QED) is 0.648. The molecule has 1 aromatic carbocycles. The molecule has 0 spiro atoms. The van der Waals surface area contributed by atoms with Gasteiger partial charge in [-0.2, -0.15) is 0 Å². The Morgan fingerprint density at radius 3 is 2.26 bits per heavy atom. The van der Waals surface area contributed by atoms with Crippen LogP contribution in [0.3, 0.4) is 0 Å². The lowest BCUT2D eigenvalue weighted by molar-refractivity contribution is -0.352. The molecule has 0 bridgehead atoms. The third kappa shape index (κ3) is 4.85. The second-order valence-corrected chi connectivity index (χ2v) is 9.25. The molecule has 1 aromatic rings. The van der Waals surface area contributed by atoms with Crippen LogP contribution in [0.25, 0.3) is 0 Å². The minimum Gasteiger partial charge on any atom is -0.353 e. The van der Waals surface area contributed by atoms with E-state index in [9.17, 15) is 0 Å². The lowest BCUT2D eigenvalue weighted by Crippen LogP contribution is -2.57. The third-order valence-electron chi connectivity index (χ3n) is 7.43. The Bertz CT molecular complexity index is 676. The van der Waals surface area contributed by atoms with E-state index < -0.39 is 6.29 Å². The first-order valence-corrected chi connectivity index (χ1v) is 11.9. The summed E-state index contributed by atoms with van der Waals surface area (Å²) < 4.78 is 37.4. The van der Waals surface area contributed by atoms with E-state index in [0.29, 0.717) is 18.4 Å². The average molecular weight is 435 g/mol. The van der Waals surface area contributed by atoms with E-state index in [1.807, 2.05) is 30.3 Å². The maximum atomic E-state index is 6.70. The fourth-order valence-electron chi connectivity index (χ4n) is 5.06. The molecule has 0 saturated carbocycles. The van der Waals surface area contributed by atoms with Gasteiger partial charge in [-0.25, -0.2) is 0 Å². The van der Waals surface area contributed by atoms with Gasteiger partial charge in [0.15, 0.2) is 12.6 Å². The molecule has 4 rings (SSSR count). The maximum absolute atomic E-state index is 6.70. The van der Waals surface area contributed by atoms with Crippen LogP contribution in [0.4, 0.5) is 0 Å². The molecule has 0 N–H and O–H groups in total. The van der Waals surface area contributed by atoms with E-state index in [0.717, 1.165) is 18.4 Å². The molecule has 3 heterocycles. The molecule has 10 atom stereocenters. The van der Waals surface area contributed by atoms with Crippen LogP contribution in [-0.4, -0.2) is 50.2 Å². The predicted octanol–water partition coefficient (Wildman–Crippen LogP) is 4.68. The molecule has 0 aromatic heterocycles. The van der Waals surface area contributed by atoms with Crippen LogP contribution in [0.15, 0.2) is 30.3 Å². The monoisotopic (exact) mass is 434 g/mol. The van der Waals surface area contributed by atoms with Crippen molar-refractivity contribution in [3.05, 3.63) is 35.9 Å². The van der Waals surface area contributed by atoms with E-state index in [2.05, 4.69) is 34.6 Å². The van der Waals surface area contributed by atoms with Crippen LogP contribution in [0.5, 0.6) is 0 Å². The third-order valence-corrected chi connectivity index (χ3v) is 7.43. The molecule has 3 aliphatic heterocycles. The lowest BCUT2D eigenvalue weighted by Gasteiger charge is -2.48. The molecule has 1 unspecified atom stereocenters. The first-order valence-electron chi connectivity index (χ1n) is 11.9. The van der Waals surface area contributed by atoms with Crippen LogP contribution in [0, 0.1) is 17.8 Å². The summed E-state index contributed by atoms with van der Waals surface area (Å²) >= 11 is 0. The van der Waals surface area contributed by atoms with E-state index in [-0.39, 0.29) is 49.5 Å². The van der Waals surface area contributed by atoms with Gasteiger partial charge >= 0.3 is 0 Å². The highest BCUT2D eigenvalue weighted by atomic mass is 16.8. The topological polar surface area (TPSA) is 55.4 Å². The van der Waals surface area contributed by atoms with Gasteiger partial charge in [0.2, 0.25) is 0 Å². The number of hydrogen-bond acceptors (Lipinski definition) is 6. The molecule has 31 heavy (non-hydrogen) atoms. The van der Waals surface area contributed by atoms with E-state index in [1.54, 1.807) is 0 Å². The van der Waals surface area contributed by atoms with Crippen molar-refractivity contribution in [3.63, 3.8) is 0 Å². The molecule has 6 nitrogen and oxygen atoms in total. The maximum Gasteiger partial charge on any atom is 0.184 e. The zero-order valence-electron chi connectivity index (χ0n) is 19.4. The van der Waals surface area contributed by atoms with Crippen molar-refractivity contribution in [2.45, 2.75) is 90.6 Å². The Morgan fingerprint density at radius 1 is 0.871 bits per heavy atom. The highest BCUT2D eigenvalue weighted by Crippen LogP contribution is 2.41. The first-order chi connectivity index (χ1) is 15.0. The van der Waals surface area contributed by atoms with Gasteiger partial charge in [-0.3, -0.25) is 0 Å². The van der Waals surface area contributed by atoms with Crippen LogP contribution in [-0.2, 0) is 28.4 Å². The van der Waals surface area contributed by atoms with Gasteiger partial charge in [0, 0.05) is 11.5 Å². The van der Waals surface area contributed by atoms with Gasteiger partial charge in [0.25, 0.3) is 0 Å². The van der Waals surface area contributed by atoms with Gasteiger partial charge in [-0.1, -0.05) is 65.0 Å². The molecule has 3 saturated heterocycles. The Hall–Kier alpha value is -1.02. The van der Waals surface area contributed by atoms with Gasteiger partial charge in [0.05, 0.1) is 18.8 Å². The fourth-order valence-corrected chi connectivity index (χ4v) is 5.06. The molecular weight excluding hydrogens is 396 g/mol. The minimum absolute atomic E-state index is 0.126. The Balaban J connectivity index is 1.56. The number of benzene rings is 1. The summed E-state index contributed by atoms with van der Waals surface area (Å²) in [7, 11) is 0. The summed E-state index contributed by atoms with van der Waals surface area (Å²) in [6.45, 7) is 11.9. The second kappa shape index (κ2) is 10.3. The SMILES string of the molecule is CC[C@@H]1OC(c2ccccc2)O[C@H]([C@H]2COCO2)[C@@H]1O[C@@H]1O[C@H](CC)[C@@H](C)[C@H](C)[C@H]1C. The van der Waals surface area contributed by atoms with E-state index in [1.165, 1.54) is 0 Å². The van der Waals surface area contributed by atoms with Crippen LogP contribution in [0.2, 0.25) is 0 Å². The molecule has 6 heteroatoms. The van der Waals surface area contributed by atoms with Gasteiger partial charge in [-0.05, 0) is 24.7 Å².